The molecule has 0 N–H and O–H groups in total. The SMILES string of the molecule is c1ccc(C(=C(c2ccccc2)c2ccccc2)c2ccccc2)cc1.c1ccc(N(c2ccccc2)c2ccccc2)cc1. The highest BCUT2D eigenvalue weighted by atomic mass is 15.1. The van der Waals surface area contributed by atoms with Crippen LogP contribution in [0.2, 0.25) is 0 Å². The lowest BCUT2D eigenvalue weighted by atomic mass is 9.86. The molecule has 7 aromatic carbocycles. The first-order chi connectivity index (χ1) is 22.4. The third-order valence-corrected chi connectivity index (χ3v) is 7.54. The van der Waals surface area contributed by atoms with E-state index in [9.17, 15) is 0 Å². The standard InChI is InChI=1S/C26H20.C18H15N/c1-5-13-21(14-6-1)25(22-15-7-2-8-16-22)26(23-17-9-3-10-18-23)24-19-11-4-12-20-24;1-4-10-16(11-5-1)19(17-12-6-2-7-13-17)18-14-8-3-9-15-18/h1-20H;1-15H. The zero-order valence-electron chi connectivity index (χ0n) is 25.2. The zero-order chi connectivity index (χ0) is 30.5. The van der Waals surface area contributed by atoms with Crippen molar-refractivity contribution < 1.29 is 0 Å². The summed E-state index contributed by atoms with van der Waals surface area (Å²) >= 11 is 0. The van der Waals surface area contributed by atoms with Gasteiger partial charge in [-0.3, -0.25) is 0 Å². The minimum absolute atomic E-state index is 1.17. The van der Waals surface area contributed by atoms with Gasteiger partial charge in [0.2, 0.25) is 0 Å². The number of hydrogen-bond donors (Lipinski definition) is 0. The van der Waals surface area contributed by atoms with E-state index in [-0.39, 0.29) is 0 Å². The average molecular weight is 578 g/mol. The zero-order valence-corrected chi connectivity index (χ0v) is 25.2. The molecule has 7 rings (SSSR count). The number of para-hydroxylation sites is 3. The van der Waals surface area contributed by atoms with Gasteiger partial charge in [0.25, 0.3) is 0 Å². The highest BCUT2D eigenvalue weighted by Gasteiger charge is 2.15. The predicted octanol–water partition coefficient (Wildman–Crippen LogP) is 11.9. The van der Waals surface area contributed by atoms with Crippen LogP contribution in [-0.2, 0) is 0 Å². The molecule has 0 aliphatic rings. The Balaban J connectivity index is 0.000000167. The molecule has 0 heterocycles. The van der Waals surface area contributed by atoms with E-state index < -0.39 is 0 Å². The van der Waals surface area contributed by atoms with Crippen LogP contribution in [0.3, 0.4) is 0 Å². The van der Waals surface area contributed by atoms with Crippen molar-refractivity contribution in [3.63, 3.8) is 0 Å². The largest absolute Gasteiger partial charge is 0.311 e. The van der Waals surface area contributed by atoms with Gasteiger partial charge in [0.05, 0.1) is 0 Å². The number of anilines is 3. The summed E-state index contributed by atoms with van der Waals surface area (Å²) < 4.78 is 0. The van der Waals surface area contributed by atoms with Gasteiger partial charge < -0.3 is 4.90 Å². The van der Waals surface area contributed by atoms with Crippen molar-refractivity contribution in [3.8, 4) is 0 Å². The average Bonchev–Trinajstić information content (AvgIpc) is 3.14. The van der Waals surface area contributed by atoms with Crippen molar-refractivity contribution in [1.29, 1.82) is 0 Å². The second kappa shape index (κ2) is 15.0. The van der Waals surface area contributed by atoms with Crippen molar-refractivity contribution in [2.24, 2.45) is 0 Å². The van der Waals surface area contributed by atoms with Crippen LogP contribution < -0.4 is 4.90 Å². The smallest absolute Gasteiger partial charge is 0.0461 e. The van der Waals surface area contributed by atoms with Crippen LogP contribution in [0.4, 0.5) is 17.1 Å². The van der Waals surface area contributed by atoms with E-state index in [4.69, 9.17) is 0 Å². The fourth-order valence-electron chi connectivity index (χ4n) is 5.51. The van der Waals surface area contributed by atoms with E-state index in [0.717, 1.165) is 0 Å². The summed E-state index contributed by atoms with van der Waals surface area (Å²) in [5, 5.41) is 0. The lowest BCUT2D eigenvalue weighted by molar-refractivity contribution is 1.28. The van der Waals surface area contributed by atoms with Crippen molar-refractivity contribution in [3.05, 3.63) is 235 Å². The maximum atomic E-state index is 2.25. The molecule has 0 aromatic heterocycles. The molecule has 0 aliphatic heterocycles. The molecule has 0 bridgehead atoms. The lowest BCUT2D eigenvalue weighted by Gasteiger charge is -2.25. The Bertz CT molecular complexity index is 1620. The summed E-state index contributed by atoms with van der Waals surface area (Å²) in [5.74, 6) is 0. The van der Waals surface area contributed by atoms with Crippen LogP contribution in [0.5, 0.6) is 0 Å². The summed E-state index contributed by atoms with van der Waals surface area (Å²) in [5.41, 5.74) is 10.9. The Morgan fingerprint density at radius 3 is 0.600 bits per heavy atom. The highest BCUT2D eigenvalue weighted by molar-refractivity contribution is 6.04. The first-order valence-corrected chi connectivity index (χ1v) is 15.3. The minimum Gasteiger partial charge on any atom is -0.311 e. The van der Waals surface area contributed by atoms with Crippen LogP contribution in [0, 0.1) is 0 Å². The van der Waals surface area contributed by atoms with Gasteiger partial charge >= 0.3 is 0 Å². The van der Waals surface area contributed by atoms with Gasteiger partial charge in [-0.15, -0.1) is 0 Å². The summed E-state index contributed by atoms with van der Waals surface area (Å²) in [7, 11) is 0. The van der Waals surface area contributed by atoms with Gasteiger partial charge in [0.15, 0.2) is 0 Å². The summed E-state index contributed by atoms with van der Waals surface area (Å²) in [6.07, 6.45) is 0. The van der Waals surface area contributed by atoms with Gasteiger partial charge in [-0.1, -0.05) is 176 Å². The van der Waals surface area contributed by atoms with Crippen molar-refractivity contribution >= 4 is 28.2 Å². The minimum atomic E-state index is 1.17. The monoisotopic (exact) mass is 577 g/mol. The molecule has 45 heavy (non-hydrogen) atoms. The normalized spacial score (nSPS) is 10.2. The molecule has 0 unspecified atom stereocenters. The summed E-state index contributed by atoms with van der Waals surface area (Å²) in [6.45, 7) is 0. The number of benzene rings is 7. The molecule has 0 saturated carbocycles. The second-order valence-corrected chi connectivity index (χ2v) is 10.6. The van der Waals surface area contributed by atoms with Crippen molar-refractivity contribution in [2.75, 3.05) is 4.90 Å². The van der Waals surface area contributed by atoms with Gasteiger partial charge in [-0.2, -0.15) is 0 Å². The molecule has 0 saturated heterocycles. The Kier molecular flexibility index (Phi) is 9.72. The topological polar surface area (TPSA) is 3.24 Å². The molecule has 1 nitrogen and oxygen atoms in total. The molecular formula is C44H35N. The lowest BCUT2D eigenvalue weighted by Crippen LogP contribution is -2.09. The first kappa shape index (κ1) is 29.2. The molecule has 0 spiro atoms. The number of nitrogens with zero attached hydrogens (tertiary/aromatic N) is 1. The van der Waals surface area contributed by atoms with Crippen molar-refractivity contribution in [2.45, 2.75) is 0 Å². The van der Waals surface area contributed by atoms with E-state index in [1.54, 1.807) is 0 Å². The summed E-state index contributed by atoms with van der Waals surface area (Å²) in [4.78, 5) is 2.25. The molecule has 0 amide bonds. The Labute approximate surface area is 267 Å². The third-order valence-electron chi connectivity index (χ3n) is 7.54. The Morgan fingerprint density at radius 2 is 0.400 bits per heavy atom. The Morgan fingerprint density at radius 1 is 0.222 bits per heavy atom. The Hall–Kier alpha value is -5.92. The van der Waals surface area contributed by atoms with Crippen LogP contribution in [0.25, 0.3) is 11.1 Å². The molecule has 0 aliphatic carbocycles. The maximum Gasteiger partial charge on any atom is 0.0461 e. The predicted molar refractivity (Wildman–Crippen MR) is 192 cm³/mol. The van der Waals surface area contributed by atoms with Gasteiger partial charge in [0.1, 0.15) is 0 Å². The van der Waals surface area contributed by atoms with E-state index in [1.807, 2.05) is 18.2 Å². The van der Waals surface area contributed by atoms with Crippen LogP contribution >= 0.6 is 0 Å². The molecule has 216 valence electrons. The second-order valence-electron chi connectivity index (χ2n) is 10.6. The molecule has 1 heteroatoms. The quantitative estimate of drug-likeness (QED) is 0.170. The number of rotatable bonds is 7. The van der Waals surface area contributed by atoms with Crippen LogP contribution in [-0.4, -0.2) is 0 Å². The summed E-state index contributed by atoms with van der Waals surface area (Å²) in [6, 6.07) is 73.8. The van der Waals surface area contributed by atoms with Gasteiger partial charge in [-0.25, -0.2) is 0 Å². The van der Waals surface area contributed by atoms with Crippen LogP contribution in [0.1, 0.15) is 22.3 Å². The first-order valence-electron chi connectivity index (χ1n) is 15.3. The molecule has 7 aromatic rings. The van der Waals surface area contributed by atoms with Gasteiger partial charge in [0, 0.05) is 17.1 Å². The molecular weight excluding hydrogens is 542 g/mol. The highest BCUT2D eigenvalue weighted by Crippen LogP contribution is 2.37. The molecule has 0 atom stereocenters. The van der Waals surface area contributed by atoms with E-state index >= 15 is 0 Å². The van der Waals surface area contributed by atoms with Crippen LogP contribution in [0.15, 0.2) is 212 Å². The maximum absolute atomic E-state index is 2.25. The fourth-order valence-corrected chi connectivity index (χ4v) is 5.51. The molecule has 0 fully saturated rings. The number of hydrogen-bond acceptors (Lipinski definition) is 1. The van der Waals surface area contributed by atoms with E-state index in [2.05, 4.69) is 199 Å². The molecule has 0 radical (unpaired) electrons. The third kappa shape index (κ3) is 7.36. The van der Waals surface area contributed by atoms with Crippen molar-refractivity contribution in [1.82, 2.24) is 0 Å². The van der Waals surface area contributed by atoms with E-state index in [1.165, 1.54) is 50.5 Å². The van der Waals surface area contributed by atoms with Gasteiger partial charge in [-0.05, 0) is 69.8 Å². The fraction of sp³-hybridized carbons (Fsp3) is 0. The van der Waals surface area contributed by atoms with E-state index in [0.29, 0.717) is 0 Å².